The summed E-state index contributed by atoms with van der Waals surface area (Å²) in [6, 6.07) is 7.61. The lowest BCUT2D eigenvalue weighted by Crippen LogP contribution is -2.31. The molecule has 1 amide bonds. The number of amides is 1. The van der Waals surface area contributed by atoms with Crippen molar-refractivity contribution >= 4 is 17.5 Å². The molecule has 18 heavy (non-hydrogen) atoms. The number of methoxy groups -OCH3 is 1. The highest BCUT2D eigenvalue weighted by atomic mass is 35.5. The molecule has 0 aromatic heterocycles. The molecule has 0 bridgehead atoms. The van der Waals surface area contributed by atoms with Gasteiger partial charge in [0.1, 0.15) is 0 Å². The summed E-state index contributed by atoms with van der Waals surface area (Å²) in [4.78, 5) is 11.8. The third-order valence-corrected chi connectivity index (χ3v) is 2.98. The van der Waals surface area contributed by atoms with Gasteiger partial charge in [-0.1, -0.05) is 30.7 Å². The zero-order valence-corrected chi connectivity index (χ0v) is 11.7. The van der Waals surface area contributed by atoms with Crippen molar-refractivity contribution < 1.29 is 9.53 Å². The van der Waals surface area contributed by atoms with Crippen LogP contribution in [0.2, 0.25) is 5.02 Å². The lowest BCUT2D eigenvalue weighted by Gasteiger charge is -2.12. The first-order valence-electron chi connectivity index (χ1n) is 6.14. The molecule has 1 atom stereocenters. The highest BCUT2D eigenvalue weighted by Gasteiger charge is 2.12. The molecular formula is C14H20ClNO2. The van der Waals surface area contributed by atoms with Gasteiger partial charge in [0.2, 0.25) is 5.91 Å². The van der Waals surface area contributed by atoms with Crippen LogP contribution < -0.4 is 5.32 Å². The summed E-state index contributed by atoms with van der Waals surface area (Å²) in [5.41, 5.74) is 1.12. The quantitative estimate of drug-likeness (QED) is 0.773. The van der Waals surface area contributed by atoms with Crippen LogP contribution in [-0.4, -0.2) is 26.2 Å². The molecule has 100 valence electrons. The fourth-order valence-electron chi connectivity index (χ4n) is 1.67. The van der Waals surface area contributed by atoms with E-state index >= 15 is 0 Å². The number of benzene rings is 1. The van der Waals surface area contributed by atoms with Gasteiger partial charge >= 0.3 is 0 Å². The minimum Gasteiger partial charge on any atom is -0.385 e. The first-order valence-corrected chi connectivity index (χ1v) is 6.52. The molecule has 0 heterocycles. The van der Waals surface area contributed by atoms with Crippen LogP contribution in [-0.2, 0) is 16.0 Å². The maximum absolute atomic E-state index is 11.8. The Hall–Kier alpha value is -1.06. The third kappa shape index (κ3) is 5.52. The number of hydrogen-bond acceptors (Lipinski definition) is 2. The Morgan fingerprint density at radius 1 is 1.39 bits per heavy atom. The first-order chi connectivity index (χ1) is 8.63. The van der Waals surface area contributed by atoms with Crippen molar-refractivity contribution in [3.8, 4) is 0 Å². The summed E-state index contributed by atoms with van der Waals surface area (Å²) in [5, 5.41) is 3.62. The number of ether oxygens (including phenoxy) is 1. The zero-order chi connectivity index (χ0) is 13.4. The van der Waals surface area contributed by atoms with E-state index in [0.29, 0.717) is 13.2 Å². The van der Waals surface area contributed by atoms with Crippen molar-refractivity contribution in [2.45, 2.75) is 19.8 Å². The molecule has 1 N–H and O–H groups in total. The van der Waals surface area contributed by atoms with Gasteiger partial charge in [0.15, 0.2) is 0 Å². The van der Waals surface area contributed by atoms with Crippen molar-refractivity contribution in [3.63, 3.8) is 0 Å². The number of carbonyl (C=O) groups is 1. The topological polar surface area (TPSA) is 38.3 Å². The monoisotopic (exact) mass is 269 g/mol. The molecule has 0 saturated carbocycles. The molecule has 1 aromatic rings. The Kier molecular flexibility index (Phi) is 6.76. The molecule has 1 unspecified atom stereocenters. The Morgan fingerprint density at radius 2 is 2.06 bits per heavy atom. The van der Waals surface area contributed by atoms with Gasteiger partial charge in [-0.25, -0.2) is 0 Å². The second-order valence-corrected chi connectivity index (χ2v) is 4.81. The van der Waals surface area contributed by atoms with E-state index in [9.17, 15) is 4.79 Å². The molecule has 0 saturated heterocycles. The van der Waals surface area contributed by atoms with Crippen LogP contribution in [0.25, 0.3) is 0 Å². The number of halogens is 1. The van der Waals surface area contributed by atoms with Crippen molar-refractivity contribution in [3.05, 3.63) is 34.9 Å². The summed E-state index contributed by atoms with van der Waals surface area (Å²) in [6.45, 7) is 3.27. The second kappa shape index (κ2) is 8.11. The Labute approximate surface area is 113 Å². The first kappa shape index (κ1) is 15.0. The highest BCUT2D eigenvalue weighted by molar-refractivity contribution is 6.30. The van der Waals surface area contributed by atoms with Crippen molar-refractivity contribution in [1.29, 1.82) is 0 Å². The van der Waals surface area contributed by atoms with E-state index in [0.717, 1.165) is 23.4 Å². The summed E-state index contributed by atoms with van der Waals surface area (Å²) >= 11 is 5.82. The minimum atomic E-state index is -0.0336. The third-order valence-electron chi connectivity index (χ3n) is 2.73. The van der Waals surface area contributed by atoms with E-state index in [1.807, 2.05) is 31.2 Å². The largest absolute Gasteiger partial charge is 0.385 e. The molecule has 3 nitrogen and oxygen atoms in total. The Morgan fingerprint density at radius 3 is 2.67 bits per heavy atom. The maximum atomic E-state index is 11.8. The lowest BCUT2D eigenvalue weighted by atomic mass is 10.0. The van der Waals surface area contributed by atoms with Crippen LogP contribution in [0.3, 0.4) is 0 Å². The average molecular weight is 270 g/mol. The number of nitrogens with one attached hydrogen (secondary N) is 1. The van der Waals surface area contributed by atoms with E-state index in [1.54, 1.807) is 7.11 Å². The number of rotatable bonds is 7. The van der Waals surface area contributed by atoms with E-state index in [2.05, 4.69) is 5.32 Å². The van der Waals surface area contributed by atoms with Gasteiger partial charge < -0.3 is 10.1 Å². The number of carbonyl (C=O) groups excluding carboxylic acids is 1. The molecule has 0 aliphatic rings. The van der Waals surface area contributed by atoms with Crippen LogP contribution in [0, 0.1) is 5.92 Å². The average Bonchev–Trinajstić information content (AvgIpc) is 2.37. The summed E-state index contributed by atoms with van der Waals surface area (Å²) < 4.78 is 4.93. The zero-order valence-electron chi connectivity index (χ0n) is 10.9. The van der Waals surface area contributed by atoms with Crippen LogP contribution in [0.1, 0.15) is 18.9 Å². The van der Waals surface area contributed by atoms with E-state index in [-0.39, 0.29) is 11.8 Å². The highest BCUT2D eigenvalue weighted by Crippen LogP contribution is 2.13. The number of hydrogen-bond donors (Lipinski definition) is 1. The summed E-state index contributed by atoms with van der Waals surface area (Å²) in [6.07, 6.45) is 1.57. The van der Waals surface area contributed by atoms with Gasteiger partial charge in [-0.2, -0.15) is 0 Å². The SMILES string of the molecule is COCCCNC(=O)C(C)Cc1ccc(Cl)cc1. The molecule has 0 radical (unpaired) electrons. The van der Waals surface area contributed by atoms with Crippen molar-refractivity contribution in [2.24, 2.45) is 5.92 Å². The van der Waals surface area contributed by atoms with Gasteiger partial charge in [0.05, 0.1) is 0 Å². The predicted octanol–water partition coefficient (Wildman–Crippen LogP) is 2.67. The van der Waals surface area contributed by atoms with E-state index in [1.165, 1.54) is 0 Å². The van der Waals surface area contributed by atoms with Gasteiger partial charge in [-0.05, 0) is 30.5 Å². The Balaban J connectivity index is 2.33. The molecule has 0 fully saturated rings. The van der Waals surface area contributed by atoms with Gasteiger partial charge in [0, 0.05) is 31.2 Å². The maximum Gasteiger partial charge on any atom is 0.223 e. The fraction of sp³-hybridized carbons (Fsp3) is 0.500. The van der Waals surface area contributed by atoms with Crippen molar-refractivity contribution in [1.82, 2.24) is 5.32 Å². The lowest BCUT2D eigenvalue weighted by molar-refractivity contribution is -0.124. The molecule has 0 aliphatic carbocycles. The standard InChI is InChI=1S/C14H20ClNO2/c1-11(14(17)16-8-3-9-18-2)10-12-4-6-13(15)7-5-12/h4-7,11H,3,8-10H2,1-2H3,(H,16,17). The van der Waals surface area contributed by atoms with Gasteiger partial charge in [-0.3, -0.25) is 4.79 Å². The normalized spacial score (nSPS) is 12.2. The van der Waals surface area contributed by atoms with Crippen molar-refractivity contribution in [2.75, 3.05) is 20.3 Å². The van der Waals surface area contributed by atoms with Crippen LogP contribution >= 0.6 is 11.6 Å². The molecular weight excluding hydrogens is 250 g/mol. The van der Waals surface area contributed by atoms with Crippen LogP contribution in [0.4, 0.5) is 0 Å². The molecule has 0 spiro atoms. The molecule has 1 rings (SSSR count). The summed E-state index contributed by atoms with van der Waals surface area (Å²) in [7, 11) is 1.66. The van der Waals surface area contributed by atoms with Gasteiger partial charge in [0.25, 0.3) is 0 Å². The smallest absolute Gasteiger partial charge is 0.223 e. The molecule has 1 aromatic carbocycles. The van der Waals surface area contributed by atoms with Gasteiger partial charge in [-0.15, -0.1) is 0 Å². The predicted molar refractivity (Wildman–Crippen MR) is 73.8 cm³/mol. The Bertz CT molecular complexity index is 365. The molecule has 0 aliphatic heterocycles. The van der Waals surface area contributed by atoms with E-state index in [4.69, 9.17) is 16.3 Å². The second-order valence-electron chi connectivity index (χ2n) is 4.37. The summed E-state index contributed by atoms with van der Waals surface area (Å²) in [5.74, 6) is 0.0507. The minimum absolute atomic E-state index is 0.0336. The fourth-order valence-corrected chi connectivity index (χ4v) is 1.80. The molecule has 4 heteroatoms. The van der Waals surface area contributed by atoms with E-state index < -0.39 is 0 Å². The van der Waals surface area contributed by atoms with Crippen LogP contribution in [0.15, 0.2) is 24.3 Å². The van der Waals surface area contributed by atoms with Crippen LogP contribution in [0.5, 0.6) is 0 Å².